The zero-order valence-corrected chi connectivity index (χ0v) is 18.3. The number of rotatable bonds is 8. The van der Waals surface area contributed by atoms with Crippen LogP contribution in [0.25, 0.3) is 0 Å². The normalized spacial score (nSPS) is 11.5. The van der Waals surface area contributed by atoms with E-state index < -0.39 is 0 Å². The predicted molar refractivity (Wildman–Crippen MR) is 124 cm³/mol. The molecule has 0 aliphatic carbocycles. The van der Waals surface area contributed by atoms with Crippen molar-refractivity contribution in [2.24, 2.45) is 0 Å². The highest BCUT2D eigenvalue weighted by Gasteiger charge is 2.15. The van der Waals surface area contributed by atoms with Crippen LogP contribution >= 0.6 is 11.6 Å². The molecule has 0 bridgehead atoms. The third-order valence-electron chi connectivity index (χ3n) is 4.86. The van der Waals surface area contributed by atoms with E-state index in [0.717, 1.165) is 12.0 Å². The SMILES string of the molecule is CC[C@H](C)NC(=O)c1ccccc1NC(=O)c1cccc(OCc2ccccc2Cl)c1. The Labute approximate surface area is 187 Å². The molecule has 5 nitrogen and oxygen atoms in total. The molecule has 3 rings (SSSR count). The number of anilines is 1. The molecule has 0 saturated heterocycles. The lowest BCUT2D eigenvalue weighted by atomic mass is 10.1. The molecule has 0 aromatic heterocycles. The number of para-hydroxylation sites is 1. The van der Waals surface area contributed by atoms with Gasteiger partial charge in [-0.1, -0.05) is 54.9 Å². The van der Waals surface area contributed by atoms with Gasteiger partial charge in [-0.3, -0.25) is 9.59 Å². The number of carbonyl (C=O) groups excluding carboxylic acids is 2. The van der Waals surface area contributed by atoms with Crippen LogP contribution in [0.3, 0.4) is 0 Å². The molecule has 0 unspecified atom stereocenters. The first-order valence-corrected chi connectivity index (χ1v) is 10.5. The second-order valence-corrected chi connectivity index (χ2v) is 7.60. The average molecular weight is 437 g/mol. The summed E-state index contributed by atoms with van der Waals surface area (Å²) in [7, 11) is 0. The maximum atomic E-state index is 12.8. The van der Waals surface area contributed by atoms with Crippen molar-refractivity contribution in [1.82, 2.24) is 5.32 Å². The van der Waals surface area contributed by atoms with Crippen LogP contribution in [0.1, 0.15) is 46.5 Å². The van der Waals surface area contributed by atoms with Gasteiger partial charge >= 0.3 is 0 Å². The third-order valence-corrected chi connectivity index (χ3v) is 5.23. The van der Waals surface area contributed by atoms with E-state index >= 15 is 0 Å². The van der Waals surface area contributed by atoms with E-state index in [2.05, 4.69) is 10.6 Å². The van der Waals surface area contributed by atoms with Gasteiger partial charge in [0.1, 0.15) is 12.4 Å². The van der Waals surface area contributed by atoms with E-state index in [0.29, 0.717) is 34.2 Å². The van der Waals surface area contributed by atoms with E-state index in [1.54, 1.807) is 54.6 Å². The van der Waals surface area contributed by atoms with Gasteiger partial charge < -0.3 is 15.4 Å². The van der Waals surface area contributed by atoms with Crippen molar-refractivity contribution < 1.29 is 14.3 Å². The Balaban J connectivity index is 1.71. The standard InChI is InChI=1S/C25H25ClN2O3/c1-3-17(2)27-25(30)21-12-5-7-14-23(21)28-24(29)18-10-8-11-20(15-18)31-16-19-9-4-6-13-22(19)26/h4-15,17H,3,16H2,1-2H3,(H,27,30)(H,28,29)/t17-/m0/s1. The molecule has 2 amide bonds. The second-order valence-electron chi connectivity index (χ2n) is 7.19. The lowest BCUT2D eigenvalue weighted by molar-refractivity contribution is 0.0940. The monoisotopic (exact) mass is 436 g/mol. The van der Waals surface area contributed by atoms with E-state index in [1.165, 1.54) is 0 Å². The summed E-state index contributed by atoms with van der Waals surface area (Å²) in [4.78, 5) is 25.4. The molecule has 0 saturated carbocycles. The van der Waals surface area contributed by atoms with E-state index in [1.807, 2.05) is 32.0 Å². The van der Waals surface area contributed by atoms with E-state index in [9.17, 15) is 9.59 Å². The van der Waals surface area contributed by atoms with Crippen LogP contribution in [0.5, 0.6) is 5.75 Å². The average Bonchev–Trinajstić information content (AvgIpc) is 2.79. The molecule has 0 aliphatic heterocycles. The van der Waals surface area contributed by atoms with Crippen molar-refractivity contribution in [3.63, 3.8) is 0 Å². The number of amides is 2. The molecule has 0 radical (unpaired) electrons. The molecule has 3 aromatic carbocycles. The van der Waals surface area contributed by atoms with Crippen molar-refractivity contribution in [2.45, 2.75) is 32.9 Å². The maximum absolute atomic E-state index is 12.8. The number of nitrogens with one attached hydrogen (secondary N) is 2. The van der Waals surface area contributed by atoms with Gasteiger partial charge in [-0.15, -0.1) is 0 Å². The molecular formula is C25H25ClN2O3. The summed E-state index contributed by atoms with van der Waals surface area (Å²) in [6.45, 7) is 4.23. The Morgan fingerprint density at radius 3 is 2.48 bits per heavy atom. The molecule has 31 heavy (non-hydrogen) atoms. The Morgan fingerprint density at radius 1 is 0.968 bits per heavy atom. The van der Waals surface area contributed by atoms with Crippen LogP contribution in [-0.2, 0) is 6.61 Å². The van der Waals surface area contributed by atoms with Gasteiger partial charge in [0.05, 0.1) is 11.3 Å². The lowest BCUT2D eigenvalue weighted by Crippen LogP contribution is -2.32. The maximum Gasteiger partial charge on any atom is 0.255 e. The number of hydrogen-bond acceptors (Lipinski definition) is 3. The largest absolute Gasteiger partial charge is 0.489 e. The Kier molecular flexibility index (Phi) is 7.68. The molecule has 0 fully saturated rings. The van der Waals surface area contributed by atoms with Crippen molar-refractivity contribution in [3.8, 4) is 5.75 Å². The van der Waals surface area contributed by atoms with Gasteiger partial charge in [0.15, 0.2) is 0 Å². The minimum atomic E-state index is -0.327. The summed E-state index contributed by atoms with van der Waals surface area (Å²) >= 11 is 6.17. The zero-order valence-electron chi connectivity index (χ0n) is 17.5. The molecule has 0 heterocycles. The van der Waals surface area contributed by atoms with Crippen molar-refractivity contribution in [2.75, 3.05) is 5.32 Å². The minimum absolute atomic E-state index is 0.0446. The molecule has 0 spiro atoms. The van der Waals surface area contributed by atoms with Crippen LogP contribution in [0, 0.1) is 0 Å². The fraction of sp³-hybridized carbons (Fsp3) is 0.200. The van der Waals surface area contributed by atoms with Gasteiger partial charge in [-0.25, -0.2) is 0 Å². The highest BCUT2D eigenvalue weighted by Crippen LogP contribution is 2.21. The number of hydrogen-bond donors (Lipinski definition) is 2. The van der Waals surface area contributed by atoms with Crippen molar-refractivity contribution >= 4 is 29.1 Å². The van der Waals surface area contributed by atoms with Crippen molar-refractivity contribution in [3.05, 3.63) is 94.5 Å². The van der Waals surface area contributed by atoms with E-state index in [4.69, 9.17) is 16.3 Å². The van der Waals surface area contributed by atoms with Crippen LogP contribution in [-0.4, -0.2) is 17.9 Å². The van der Waals surface area contributed by atoms with Crippen LogP contribution in [0.15, 0.2) is 72.8 Å². The molecule has 160 valence electrons. The molecule has 3 aromatic rings. The highest BCUT2D eigenvalue weighted by atomic mass is 35.5. The van der Waals surface area contributed by atoms with Crippen LogP contribution < -0.4 is 15.4 Å². The quantitative estimate of drug-likeness (QED) is 0.476. The first kappa shape index (κ1) is 22.4. The third kappa shape index (κ3) is 6.09. The predicted octanol–water partition coefficient (Wildman–Crippen LogP) is 5.70. The topological polar surface area (TPSA) is 67.4 Å². The fourth-order valence-corrected chi connectivity index (χ4v) is 3.08. The Morgan fingerprint density at radius 2 is 1.71 bits per heavy atom. The molecule has 6 heteroatoms. The minimum Gasteiger partial charge on any atom is -0.489 e. The number of carbonyl (C=O) groups is 2. The fourth-order valence-electron chi connectivity index (χ4n) is 2.89. The number of ether oxygens (including phenoxy) is 1. The van der Waals surface area contributed by atoms with E-state index in [-0.39, 0.29) is 17.9 Å². The second kappa shape index (κ2) is 10.6. The first-order valence-electron chi connectivity index (χ1n) is 10.2. The summed E-state index contributed by atoms with van der Waals surface area (Å²) in [5.41, 5.74) is 2.16. The summed E-state index contributed by atoms with van der Waals surface area (Å²) in [6, 6.07) is 21.3. The van der Waals surface area contributed by atoms with Crippen molar-refractivity contribution in [1.29, 1.82) is 0 Å². The van der Waals surface area contributed by atoms with Gasteiger partial charge in [0.2, 0.25) is 0 Å². The van der Waals surface area contributed by atoms with Crippen LogP contribution in [0.4, 0.5) is 5.69 Å². The zero-order chi connectivity index (χ0) is 22.2. The van der Waals surface area contributed by atoms with Gasteiger partial charge in [0, 0.05) is 22.2 Å². The summed E-state index contributed by atoms with van der Waals surface area (Å²) in [5.74, 6) is 0.00410. The smallest absolute Gasteiger partial charge is 0.255 e. The molecule has 0 aliphatic rings. The number of benzene rings is 3. The van der Waals surface area contributed by atoms with Gasteiger partial charge in [-0.05, 0) is 49.7 Å². The lowest BCUT2D eigenvalue weighted by Gasteiger charge is -2.15. The van der Waals surface area contributed by atoms with Crippen LogP contribution in [0.2, 0.25) is 5.02 Å². The van der Waals surface area contributed by atoms with Gasteiger partial charge in [-0.2, -0.15) is 0 Å². The Bertz CT molecular complexity index is 1070. The summed E-state index contributed by atoms with van der Waals surface area (Å²) < 4.78 is 5.80. The summed E-state index contributed by atoms with van der Waals surface area (Å²) in [6.07, 6.45) is 0.821. The Hall–Kier alpha value is -3.31. The summed E-state index contributed by atoms with van der Waals surface area (Å²) in [5, 5.41) is 6.39. The molecular weight excluding hydrogens is 412 g/mol. The highest BCUT2D eigenvalue weighted by molar-refractivity contribution is 6.31. The number of halogens is 1. The molecule has 2 N–H and O–H groups in total. The first-order chi connectivity index (χ1) is 15.0. The van der Waals surface area contributed by atoms with Gasteiger partial charge in [0.25, 0.3) is 11.8 Å². The molecule has 1 atom stereocenters.